The first-order chi connectivity index (χ1) is 8.12. The molecule has 1 rings (SSSR count). The van der Waals surface area contributed by atoms with Crippen LogP contribution in [0, 0.1) is 0 Å². The molecule has 0 aliphatic rings. The second kappa shape index (κ2) is 5.98. The Labute approximate surface area is 101 Å². The number of ether oxygens (including phenoxy) is 2. The van der Waals surface area contributed by atoms with E-state index < -0.39 is 5.97 Å². The minimum atomic E-state index is -0.871. The zero-order valence-corrected chi connectivity index (χ0v) is 10.3. The minimum absolute atomic E-state index is 0.0564. The van der Waals surface area contributed by atoms with Gasteiger partial charge in [-0.05, 0) is 19.1 Å². The summed E-state index contributed by atoms with van der Waals surface area (Å²) in [6.45, 7) is 2.43. The van der Waals surface area contributed by atoms with Crippen LogP contribution in [-0.2, 0) is 4.79 Å². The number of hydrogen-bond acceptors (Lipinski definition) is 4. The Morgan fingerprint density at radius 1 is 1.35 bits per heavy atom. The van der Waals surface area contributed by atoms with Gasteiger partial charge < -0.3 is 19.5 Å². The molecular weight excluding hydrogens is 222 g/mol. The van der Waals surface area contributed by atoms with Gasteiger partial charge in [0.15, 0.2) is 0 Å². The highest BCUT2D eigenvalue weighted by Gasteiger charge is 2.14. The predicted molar refractivity (Wildman–Crippen MR) is 65.1 cm³/mol. The number of hydrogen-bond donors (Lipinski definition) is 1. The number of rotatable bonds is 6. The van der Waals surface area contributed by atoms with Gasteiger partial charge in [0.05, 0.1) is 19.9 Å². The average molecular weight is 239 g/mol. The van der Waals surface area contributed by atoms with E-state index in [0.29, 0.717) is 18.0 Å². The number of nitrogens with zero attached hydrogens (tertiary/aromatic N) is 1. The lowest BCUT2D eigenvalue weighted by Crippen LogP contribution is -2.29. The fourth-order valence-corrected chi connectivity index (χ4v) is 1.58. The van der Waals surface area contributed by atoms with Gasteiger partial charge in [-0.3, -0.25) is 4.79 Å². The standard InChI is InChI=1S/C12H17NO4/c1-4-13(8-12(14)15)10-6-5-9(16-2)7-11(10)17-3/h5-7H,4,8H2,1-3H3,(H,14,15). The van der Waals surface area contributed by atoms with E-state index >= 15 is 0 Å². The third-order valence-corrected chi connectivity index (χ3v) is 2.44. The van der Waals surface area contributed by atoms with Gasteiger partial charge in [0.2, 0.25) is 0 Å². The summed E-state index contributed by atoms with van der Waals surface area (Å²) >= 11 is 0. The highest BCUT2D eigenvalue weighted by atomic mass is 16.5. The SMILES string of the molecule is CCN(CC(=O)O)c1ccc(OC)cc1OC. The van der Waals surface area contributed by atoms with E-state index in [4.69, 9.17) is 14.6 Å². The molecule has 0 aromatic heterocycles. The Balaban J connectivity index is 3.05. The molecule has 0 unspecified atom stereocenters. The second-order valence-corrected chi connectivity index (χ2v) is 3.45. The summed E-state index contributed by atoms with van der Waals surface area (Å²) in [4.78, 5) is 12.5. The molecule has 0 bridgehead atoms. The van der Waals surface area contributed by atoms with Gasteiger partial charge in [0, 0.05) is 12.6 Å². The van der Waals surface area contributed by atoms with Gasteiger partial charge in [-0.1, -0.05) is 0 Å². The molecule has 0 radical (unpaired) electrons. The molecule has 0 spiro atoms. The Morgan fingerprint density at radius 2 is 2.06 bits per heavy atom. The van der Waals surface area contributed by atoms with Gasteiger partial charge in [-0.25, -0.2) is 0 Å². The molecular formula is C12H17NO4. The fraction of sp³-hybridized carbons (Fsp3) is 0.417. The second-order valence-electron chi connectivity index (χ2n) is 3.45. The lowest BCUT2D eigenvalue weighted by atomic mass is 10.2. The number of carbonyl (C=O) groups is 1. The van der Waals surface area contributed by atoms with Crippen LogP contribution in [0.3, 0.4) is 0 Å². The van der Waals surface area contributed by atoms with Crippen molar-refractivity contribution in [1.82, 2.24) is 0 Å². The summed E-state index contributed by atoms with van der Waals surface area (Å²) in [5.74, 6) is 0.411. The zero-order valence-electron chi connectivity index (χ0n) is 10.3. The van der Waals surface area contributed by atoms with Crippen LogP contribution in [-0.4, -0.2) is 38.4 Å². The van der Waals surface area contributed by atoms with E-state index in [-0.39, 0.29) is 6.54 Å². The predicted octanol–water partition coefficient (Wildman–Crippen LogP) is 1.61. The third-order valence-electron chi connectivity index (χ3n) is 2.44. The smallest absolute Gasteiger partial charge is 0.323 e. The molecule has 17 heavy (non-hydrogen) atoms. The Hall–Kier alpha value is -1.91. The van der Waals surface area contributed by atoms with Crippen LogP contribution in [0.4, 0.5) is 5.69 Å². The van der Waals surface area contributed by atoms with E-state index in [0.717, 1.165) is 5.69 Å². The van der Waals surface area contributed by atoms with Crippen LogP contribution >= 0.6 is 0 Å². The van der Waals surface area contributed by atoms with Crippen molar-refractivity contribution >= 4 is 11.7 Å². The molecule has 5 nitrogen and oxygen atoms in total. The number of methoxy groups -OCH3 is 2. The van der Waals surface area contributed by atoms with Gasteiger partial charge in [-0.15, -0.1) is 0 Å². The highest BCUT2D eigenvalue weighted by molar-refractivity contribution is 5.75. The van der Waals surface area contributed by atoms with Gasteiger partial charge >= 0.3 is 5.97 Å². The van der Waals surface area contributed by atoms with Crippen LogP contribution in [0.2, 0.25) is 0 Å². The number of carboxylic acids is 1. The number of benzene rings is 1. The minimum Gasteiger partial charge on any atom is -0.497 e. The van der Waals surface area contributed by atoms with E-state index in [2.05, 4.69) is 0 Å². The van der Waals surface area contributed by atoms with Crippen molar-refractivity contribution in [1.29, 1.82) is 0 Å². The Kier molecular flexibility index (Phi) is 4.63. The number of aliphatic carboxylic acids is 1. The van der Waals surface area contributed by atoms with E-state index in [1.165, 1.54) is 0 Å². The first-order valence-corrected chi connectivity index (χ1v) is 5.31. The van der Waals surface area contributed by atoms with Crippen LogP contribution in [0.1, 0.15) is 6.92 Å². The average Bonchev–Trinajstić information content (AvgIpc) is 2.35. The van der Waals surface area contributed by atoms with E-state index in [1.807, 2.05) is 6.92 Å². The van der Waals surface area contributed by atoms with Crippen molar-refractivity contribution in [3.05, 3.63) is 18.2 Å². The molecule has 0 saturated heterocycles. The third kappa shape index (κ3) is 3.27. The summed E-state index contributed by atoms with van der Waals surface area (Å²) in [5, 5.41) is 8.83. The molecule has 0 atom stereocenters. The molecule has 0 fully saturated rings. The molecule has 0 amide bonds. The molecule has 1 aromatic carbocycles. The molecule has 0 heterocycles. The zero-order chi connectivity index (χ0) is 12.8. The van der Waals surface area contributed by atoms with Crippen LogP contribution in [0.25, 0.3) is 0 Å². The van der Waals surface area contributed by atoms with Crippen LogP contribution in [0.15, 0.2) is 18.2 Å². The summed E-state index contributed by atoms with van der Waals surface area (Å²) in [7, 11) is 3.12. The lowest BCUT2D eigenvalue weighted by molar-refractivity contribution is -0.135. The molecule has 0 aliphatic heterocycles. The van der Waals surface area contributed by atoms with Crippen molar-refractivity contribution in [3.63, 3.8) is 0 Å². The summed E-state index contributed by atoms with van der Waals surface area (Å²) < 4.78 is 10.3. The molecule has 0 saturated carbocycles. The molecule has 1 aromatic rings. The van der Waals surface area contributed by atoms with E-state index in [1.54, 1.807) is 37.3 Å². The quantitative estimate of drug-likeness (QED) is 0.817. The summed E-state index contributed by atoms with van der Waals surface area (Å²) in [6, 6.07) is 5.31. The first-order valence-electron chi connectivity index (χ1n) is 5.31. The lowest BCUT2D eigenvalue weighted by Gasteiger charge is -2.23. The Morgan fingerprint density at radius 3 is 2.53 bits per heavy atom. The van der Waals surface area contributed by atoms with E-state index in [9.17, 15) is 4.79 Å². The first kappa shape index (κ1) is 13.2. The van der Waals surface area contributed by atoms with Crippen molar-refractivity contribution in [2.45, 2.75) is 6.92 Å². The van der Waals surface area contributed by atoms with Crippen LogP contribution in [0.5, 0.6) is 11.5 Å². The molecule has 5 heteroatoms. The van der Waals surface area contributed by atoms with Gasteiger partial charge in [-0.2, -0.15) is 0 Å². The summed E-state index contributed by atoms with van der Waals surface area (Å²) in [6.07, 6.45) is 0. The van der Waals surface area contributed by atoms with Crippen molar-refractivity contribution < 1.29 is 19.4 Å². The molecule has 94 valence electrons. The fourth-order valence-electron chi connectivity index (χ4n) is 1.58. The largest absolute Gasteiger partial charge is 0.497 e. The van der Waals surface area contributed by atoms with Crippen molar-refractivity contribution in [2.24, 2.45) is 0 Å². The van der Waals surface area contributed by atoms with Crippen molar-refractivity contribution in [3.8, 4) is 11.5 Å². The topological polar surface area (TPSA) is 59.0 Å². The maximum atomic E-state index is 10.8. The maximum Gasteiger partial charge on any atom is 0.323 e. The van der Waals surface area contributed by atoms with Gasteiger partial charge in [0.25, 0.3) is 0 Å². The maximum absolute atomic E-state index is 10.8. The normalized spacial score (nSPS) is 9.82. The number of anilines is 1. The number of likely N-dealkylation sites (N-methyl/N-ethyl adjacent to an activating group) is 1. The Bertz CT molecular complexity index is 392. The molecule has 0 aliphatic carbocycles. The monoisotopic (exact) mass is 239 g/mol. The van der Waals surface area contributed by atoms with Gasteiger partial charge in [0.1, 0.15) is 18.0 Å². The molecule has 1 N–H and O–H groups in total. The van der Waals surface area contributed by atoms with Crippen LogP contribution < -0.4 is 14.4 Å². The number of carboxylic acid groups (broad SMARTS) is 1. The van der Waals surface area contributed by atoms with Crippen molar-refractivity contribution in [2.75, 3.05) is 32.2 Å². The summed E-state index contributed by atoms with van der Waals surface area (Å²) in [5.41, 5.74) is 0.748. The highest BCUT2D eigenvalue weighted by Crippen LogP contribution is 2.31.